The number of thiophene rings is 1. The van der Waals surface area contributed by atoms with Crippen molar-refractivity contribution in [3.63, 3.8) is 0 Å². The van der Waals surface area contributed by atoms with Gasteiger partial charge in [0, 0.05) is 45.8 Å². The standard InChI is InChI=1S/C27H22NS.C14H15FNSi.Ir/c1-18(2)15-19-13-14-28-25(16-19)24-10-6-9-23-22-12-11-21(17-26(22)29-27(23)24)20-7-4-3-5-8-20;1-17(2,3)13-8-9-14(16-10-13)11-4-6-12(15)7-5-11;/h3-9,11-14,16-18H,15H2,1-2H3;4,6-10H,1-3H3;/q2*-1;/i15D2;;. The maximum Gasteiger partial charge on any atom is 0.0795 e. The number of hydrogen-bond acceptors (Lipinski definition) is 3. The summed E-state index contributed by atoms with van der Waals surface area (Å²) >= 11 is 1.75. The van der Waals surface area contributed by atoms with Gasteiger partial charge >= 0.3 is 0 Å². The SMILES string of the molecule is C[Si](C)(C)c1ccc(-c2[c-]cc(F)cc2)nc1.[2H]C([2H])(c1ccnc(-c2[c-]ccc3c2sc2cc(-c4ccccc4)ccc23)c1)C(C)C.[Ir]. The second-order valence-electron chi connectivity index (χ2n) is 12.6. The van der Waals surface area contributed by atoms with Gasteiger partial charge in [0.15, 0.2) is 0 Å². The quantitative estimate of drug-likeness (QED) is 0.123. The average Bonchev–Trinajstić information content (AvgIpc) is 3.47. The first-order valence-corrected chi connectivity index (χ1v) is 19.8. The summed E-state index contributed by atoms with van der Waals surface area (Å²) in [4.78, 5) is 9.00. The first-order valence-electron chi connectivity index (χ1n) is 16.5. The summed E-state index contributed by atoms with van der Waals surface area (Å²) in [7, 11) is -1.30. The van der Waals surface area contributed by atoms with Gasteiger partial charge in [0.2, 0.25) is 0 Å². The molecular weight excluding hydrogens is 792 g/mol. The number of aromatic nitrogens is 2. The molecule has 1 radical (unpaired) electrons. The number of rotatable bonds is 6. The largest absolute Gasteiger partial charge is 0.305 e. The van der Waals surface area contributed by atoms with Crippen LogP contribution in [0.2, 0.25) is 19.6 Å². The Hall–Kier alpha value is -3.80. The number of hydrogen-bond donors (Lipinski definition) is 0. The molecule has 0 amide bonds. The van der Waals surface area contributed by atoms with E-state index in [1.54, 1.807) is 29.7 Å². The van der Waals surface area contributed by atoms with Crippen molar-refractivity contribution in [3.05, 3.63) is 139 Å². The van der Waals surface area contributed by atoms with Gasteiger partial charge in [0.05, 0.1) is 8.07 Å². The Morgan fingerprint density at radius 1 is 0.830 bits per heavy atom. The Balaban J connectivity index is 0.000000221. The Labute approximate surface area is 298 Å². The molecule has 6 heteroatoms. The minimum Gasteiger partial charge on any atom is -0.305 e. The monoisotopic (exact) mass is 831 g/mol. The van der Waals surface area contributed by atoms with Crippen LogP contribution in [0.15, 0.2) is 116 Å². The van der Waals surface area contributed by atoms with E-state index in [2.05, 4.69) is 96.3 Å². The van der Waals surface area contributed by atoms with Crippen LogP contribution in [0.5, 0.6) is 0 Å². The fraction of sp³-hybridized carbons (Fsp3) is 0.171. The number of fused-ring (bicyclic) bond motifs is 3. The summed E-state index contributed by atoms with van der Waals surface area (Å²) in [5.41, 5.74) is 6.43. The van der Waals surface area contributed by atoms with E-state index < -0.39 is 14.4 Å². The third-order valence-corrected chi connectivity index (χ3v) is 10.9. The third kappa shape index (κ3) is 8.20. The maximum absolute atomic E-state index is 12.8. The molecular formula is C41H37FIrN2SSi-2. The van der Waals surface area contributed by atoms with Gasteiger partial charge in [-0.3, -0.25) is 4.39 Å². The van der Waals surface area contributed by atoms with Crippen LogP contribution in [-0.2, 0) is 26.5 Å². The Kier molecular flexibility index (Phi) is 10.1. The second-order valence-corrected chi connectivity index (χ2v) is 18.7. The van der Waals surface area contributed by atoms with Crippen molar-refractivity contribution in [1.29, 1.82) is 0 Å². The van der Waals surface area contributed by atoms with Gasteiger partial charge in [-0.05, 0) is 62.2 Å². The first kappa shape index (κ1) is 31.8. The average molecular weight is 831 g/mol. The van der Waals surface area contributed by atoms with Gasteiger partial charge < -0.3 is 9.97 Å². The zero-order chi connectivity index (χ0) is 34.1. The summed E-state index contributed by atoms with van der Waals surface area (Å²) in [6.45, 7) is 10.7. The fourth-order valence-electron chi connectivity index (χ4n) is 5.29. The molecule has 4 aromatic carbocycles. The van der Waals surface area contributed by atoms with E-state index in [0.29, 0.717) is 5.56 Å². The summed E-state index contributed by atoms with van der Waals surface area (Å²) in [6, 6.07) is 39.6. The van der Waals surface area contributed by atoms with E-state index in [1.807, 2.05) is 44.3 Å². The molecule has 0 N–H and O–H groups in total. The van der Waals surface area contributed by atoms with Crippen LogP contribution >= 0.6 is 11.3 Å². The predicted octanol–water partition coefficient (Wildman–Crippen LogP) is 11.0. The number of pyridine rings is 2. The van der Waals surface area contributed by atoms with Crippen molar-refractivity contribution in [2.24, 2.45) is 5.92 Å². The minimum atomic E-state index is -1.41. The smallest absolute Gasteiger partial charge is 0.0795 e. The first-order chi connectivity index (χ1) is 22.9. The molecule has 0 saturated heterocycles. The molecule has 3 heterocycles. The summed E-state index contributed by atoms with van der Waals surface area (Å²) in [5, 5.41) is 3.74. The van der Waals surface area contributed by atoms with Gasteiger partial charge in [-0.25, -0.2) is 0 Å². The molecule has 7 rings (SSSR count). The van der Waals surface area contributed by atoms with Crippen molar-refractivity contribution < 1.29 is 27.2 Å². The molecule has 0 aliphatic rings. The van der Waals surface area contributed by atoms with E-state index >= 15 is 0 Å². The van der Waals surface area contributed by atoms with Crippen molar-refractivity contribution in [1.82, 2.24) is 9.97 Å². The summed E-state index contributed by atoms with van der Waals surface area (Å²) < 4.78 is 32.1. The van der Waals surface area contributed by atoms with Gasteiger partial charge in [-0.1, -0.05) is 105 Å². The molecule has 3 aromatic heterocycles. The Bertz CT molecular complexity index is 2180. The fourth-order valence-corrected chi connectivity index (χ4v) is 7.58. The molecule has 239 valence electrons. The van der Waals surface area contributed by atoms with E-state index in [0.717, 1.165) is 27.2 Å². The predicted molar refractivity (Wildman–Crippen MR) is 197 cm³/mol. The molecule has 0 fully saturated rings. The van der Waals surface area contributed by atoms with Gasteiger partial charge in [0.1, 0.15) is 0 Å². The van der Waals surface area contributed by atoms with Crippen molar-refractivity contribution in [3.8, 4) is 33.6 Å². The van der Waals surface area contributed by atoms with Crippen LogP contribution in [0.3, 0.4) is 0 Å². The Morgan fingerprint density at radius 2 is 1.64 bits per heavy atom. The molecule has 7 aromatic rings. The topological polar surface area (TPSA) is 25.8 Å². The molecule has 0 aliphatic heterocycles. The maximum atomic E-state index is 12.8. The number of halogens is 1. The third-order valence-electron chi connectivity index (χ3n) is 7.69. The van der Waals surface area contributed by atoms with Crippen molar-refractivity contribution in [2.75, 3.05) is 0 Å². The van der Waals surface area contributed by atoms with Crippen LogP contribution in [0.1, 0.15) is 22.2 Å². The minimum absolute atomic E-state index is 0. The number of benzene rings is 4. The van der Waals surface area contributed by atoms with Crippen LogP contribution in [0, 0.1) is 23.9 Å². The van der Waals surface area contributed by atoms with Crippen molar-refractivity contribution in [2.45, 2.75) is 39.9 Å². The Morgan fingerprint density at radius 3 is 2.32 bits per heavy atom. The molecule has 0 bridgehead atoms. The normalized spacial score (nSPS) is 12.2. The van der Waals surface area contributed by atoms with E-state index in [4.69, 9.17) is 2.74 Å². The van der Waals surface area contributed by atoms with Crippen LogP contribution in [0.4, 0.5) is 4.39 Å². The van der Waals surface area contributed by atoms with Crippen molar-refractivity contribution >= 4 is 44.8 Å². The van der Waals surface area contributed by atoms with Crippen LogP contribution < -0.4 is 5.19 Å². The van der Waals surface area contributed by atoms with Crippen LogP contribution in [-0.4, -0.2) is 18.0 Å². The van der Waals surface area contributed by atoms with Crippen LogP contribution in [0.25, 0.3) is 53.8 Å². The molecule has 0 saturated carbocycles. The molecule has 2 nitrogen and oxygen atoms in total. The van der Waals surface area contributed by atoms with E-state index in [-0.39, 0.29) is 31.8 Å². The summed E-state index contributed by atoms with van der Waals surface area (Å²) in [5.74, 6) is -0.393. The molecule has 0 unspecified atom stereocenters. The van der Waals surface area contributed by atoms with Gasteiger partial charge in [0.25, 0.3) is 0 Å². The zero-order valence-electron chi connectivity index (χ0n) is 29.1. The molecule has 0 spiro atoms. The molecule has 47 heavy (non-hydrogen) atoms. The second kappa shape index (κ2) is 15.0. The number of nitrogens with zero attached hydrogens (tertiary/aromatic N) is 2. The molecule has 0 atom stereocenters. The van der Waals surface area contributed by atoms with Gasteiger partial charge in [-0.2, -0.15) is 11.3 Å². The molecule has 0 aliphatic carbocycles. The zero-order valence-corrected chi connectivity index (χ0v) is 31.3. The van der Waals surface area contributed by atoms with E-state index in [1.165, 1.54) is 43.9 Å². The summed E-state index contributed by atoms with van der Waals surface area (Å²) in [6.07, 6.45) is 2.23. The van der Waals surface area contributed by atoms with Gasteiger partial charge in [-0.15, -0.1) is 53.6 Å². The van der Waals surface area contributed by atoms with E-state index in [9.17, 15) is 4.39 Å².